The van der Waals surface area contributed by atoms with E-state index in [1.807, 2.05) is 31.7 Å². The lowest BCUT2D eigenvalue weighted by molar-refractivity contribution is 0.0188. The lowest BCUT2D eigenvalue weighted by Crippen LogP contribution is -2.52. The summed E-state index contributed by atoms with van der Waals surface area (Å²) >= 11 is 0. The SMILES string of the molecule is Cc1cccc2c1CC([C@]1(C)CCCN1C(=O)OC(C)(C)C)=N2. The molecule has 2 heterocycles. The minimum atomic E-state index is -0.475. The van der Waals surface area contributed by atoms with E-state index in [9.17, 15) is 4.79 Å². The number of likely N-dealkylation sites (tertiary alicyclic amines) is 1. The van der Waals surface area contributed by atoms with Gasteiger partial charge in [-0.05, 0) is 64.7 Å². The molecule has 3 rings (SSSR count). The number of hydrogen-bond acceptors (Lipinski definition) is 3. The lowest BCUT2D eigenvalue weighted by atomic mass is 9.89. The third-order valence-corrected chi connectivity index (χ3v) is 4.86. The van der Waals surface area contributed by atoms with Gasteiger partial charge in [0.2, 0.25) is 0 Å². The van der Waals surface area contributed by atoms with Crippen molar-refractivity contribution in [1.82, 2.24) is 4.90 Å². The van der Waals surface area contributed by atoms with Gasteiger partial charge < -0.3 is 4.74 Å². The van der Waals surface area contributed by atoms with Gasteiger partial charge in [0.25, 0.3) is 0 Å². The van der Waals surface area contributed by atoms with E-state index in [0.717, 1.165) is 37.2 Å². The first-order chi connectivity index (χ1) is 10.7. The number of nitrogens with zero attached hydrogens (tertiary/aromatic N) is 2. The second-order valence-electron chi connectivity index (χ2n) is 7.82. The molecule has 0 N–H and O–H groups in total. The quantitative estimate of drug-likeness (QED) is 0.770. The summed E-state index contributed by atoms with van der Waals surface area (Å²) in [6.07, 6.45) is 2.54. The maximum atomic E-state index is 12.6. The van der Waals surface area contributed by atoms with Crippen LogP contribution in [0.25, 0.3) is 0 Å². The van der Waals surface area contributed by atoms with E-state index in [4.69, 9.17) is 9.73 Å². The van der Waals surface area contributed by atoms with Crippen molar-refractivity contribution in [2.75, 3.05) is 6.54 Å². The Morgan fingerprint density at radius 1 is 1.35 bits per heavy atom. The second kappa shape index (κ2) is 5.36. The van der Waals surface area contributed by atoms with Crippen LogP contribution < -0.4 is 0 Å². The van der Waals surface area contributed by atoms with Gasteiger partial charge >= 0.3 is 6.09 Å². The first kappa shape index (κ1) is 16.0. The third-order valence-electron chi connectivity index (χ3n) is 4.86. The van der Waals surface area contributed by atoms with Gasteiger partial charge in [0.05, 0.1) is 11.2 Å². The van der Waals surface area contributed by atoms with Crippen LogP contribution in [0.2, 0.25) is 0 Å². The van der Waals surface area contributed by atoms with Crippen LogP contribution >= 0.6 is 0 Å². The zero-order valence-electron chi connectivity index (χ0n) is 14.8. The van der Waals surface area contributed by atoms with E-state index in [0.29, 0.717) is 0 Å². The van der Waals surface area contributed by atoms with Gasteiger partial charge in [0.15, 0.2) is 0 Å². The van der Waals surface area contributed by atoms with E-state index < -0.39 is 5.60 Å². The lowest BCUT2D eigenvalue weighted by Gasteiger charge is -2.36. The molecular formula is C19H26N2O2. The number of aliphatic imine (C=N–C) groups is 1. The highest BCUT2D eigenvalue weighted by Gasteiger charge is 2.46. The standard InChI is InChI=1S/C19H26N2O2/c1-13-8-6-9-15-14(13)12-16(20-15)19(5)10-7-11-21(19)17(22)23-18(2,3)4/h6,8-9H,7,10-12H2,1-5H3/t19-/m0/s1. The van der Waals surface area contributed by atoms with Gasteiger partial charge in [0, 0.05) is 18.7 Å². The van der Waals surface area contributed by atoms with E-state index in [-0.39, 0.29) is 11.6 Å². The molecule has 0 unspecified atom stereocenters. The molecule has 0 saturated carbocycles. The van der Waals surface area contributed by atoms with Gasteiger partial charge in [-0.1, -0.05) is 12.1 Å². The highest BCUT2D eigenvalue weighted by Crippen LogP contribution is 2.39. The molecular weight excluding hydrogens is 288 g/mol. The summed E-state index contributed by atoms with van der Waals surface area (Å²) in [6, 6.07) is 6.23. The van der Waals surface area contributed by atoms with E-state index in [1.165, 1.54) is 11.1 Å². The summed E-state index contributed by atoms with van der Waals surface area (Å²) in [7, 11) is 0. The molecule has 1 atom stereocenters. The Balaban J connectivity index is 1.87. The van der Waals surface area contributed by atoms with Crippen LogP contribution in [0, 0.1) is 6.92 Å². The van der Waals surface area contributed by atoms with Crippen molar-refractivity contribution in [3.63, 3.8) is 0 Å². The Morgan fingerprint density at radius 3 is 2.74 bits per heavy atom. The fourth-order valence-electron chi connectivity index (χ4n) is 3.56. The van der Waals surface area contributed by atoms with Gasteiger partial charge in [0.1, 0.15) is 5.60 Å². The monoisotopic (exact) mass is 314 g/mol. The largest absolute Gasteiger partial charge is 0.444 e. The number of amides is 1. The number of rotatable bonds is 1. The molecule has 4 heteroatoms. The minimum Gasteiger partial charge on any atom is -0.444 e. The molecule has 1 amide bonds. The van der Waals surface area contributed by atoms with Crippen molar-refractivity contribution in [2.45, 2.75) is 65.0 Å². The number of hydrogen-bond donors (Lipinski definition) is 0. The molecule has 0 aromatic heterocycles. The van der Waals surface area contributed by atoms with Gasteiger partial charge in [-0.15, -0.1) is 0 Å². The summed E-state index contributed by atoms with van der Waals surface area (Å²) in [4.78, 5) is 19.4. The molecule has 23 heavy (non-hydrogen) atoms. The van der Waals surface area contributed by atoms with Crippen molar-refractivity contribution in [3.8, 4) is 0 Å². The van der Waals surface area contributed by atoms with E-state index in [2.05, 4.69) is 26.0 Å². The Hall–Kier alpha value is -1.84. The normalized spacial score (nSPS) is 23.7. The maximum Gasteiger partial charge on any atom is 0.411 e. The van der Waals surface area contributed by atoms with Crippen molar-refractivity contribution in [3.05, 3.63) is 29.3 Å². The highest BCUT2D eigenvalue weighted by molar-refractivity contribution is 6.02. The van der Waals surface area contributed by atoms with Gasteiger partial charge in [-0.25, -0.2) is 4.79 Å². The number of ether oxygens (including phenoxy) is 1. The first-order valence-electron chi connectivity index (χ1n) is 8.38. The van der Waals surface area contributed by atoms with Crippen LogP contribution in [0.1, 0.15) is 51.7 Å². The fourth-order valence-corrected chi connectivity index (χ4v) is 3.56. The molecule has 0 aliphatic carbocycles. The molecule has 1 fully saturated rings. The predicted octanol–water partition coefficient (Wildman–Crippen LogP) is 4.41. The van der Waals surface area contributed by atoms with Crippen LogP contribution in [-0.2, 0) is 11.2 Å². The molecule has 4 nitrogen and oxygen atoms in total. The zero-order chi connectivity index (χ0) is 16.8. The topological polar surface area (TPSA) is 41.9 Å². The smallest absolute Gasteiger partial charge is 0.411 e. The summed E-state index contributed by atoms with van der Waals surface area (Å²) in [6.45, 7) is 10.7. The predicted molar refractivity (Wildman–Crippen MR) is 92.6 cm³/mol. The molecule has 0 spiro atoms. The molecule has 0 bridgehead atoms. The zero-order valence-corrected chi connectivity index (χ0v) is 14.8. The summed E-state index contributed by atoms with van der Waals surface area (Å²) in [5.41, 5.74) is 3.89. The third kappa shape index (κ3) is 2.87. The van der Waals surface area contributed by atoms with Crippen molar-refractivity contribution in [2.24, 2.45) is 4.99 Å². The molecule has 124 valence electrons. The van der Waals surface area contributed by atoms with Crippen molar-refractivity contribution in [1.29, 1.82) is 0 Å². The van der Waals surface area contributed by atoms with Crippen LogP contribution in [0.15, 0.2) is 23.2 Å². The number of carbonyl (C=O) groups is 1. The Morgan fingerprint density at radius 2 is 2.09 bits per heavy atom. The van der Waals surface area contributed by atoms with E-state index in [1.54, 1.807) is 0 Å². The Bertz CT molecular complexity index is 672. The minimum absolute atomic E-state index is 0.229. The average Bonchev–Trinajstić information content (AvgIpc) is 3.02. The number of carbonyl (C=O) groups excluding carboxylic acids is 1. The van der Waals surface area contributed by atoms with Crippen LogP contribution in [0.3, 0.4) is 0 Å². The molecule has 2 aliphatic heterocycles. The Labute approximate surface area is 138 Å². The molecule has 1 aromatic carbocycles. The number of aryl methyl sites for hydroxylation is 1. The van der Waals surface area contributed by atoms with Crippen LogP contribution in [0.4, 0.5) is 10.5 Å². The molecule has 1 aromatic rings. The summed E-state index contributed by atoms with van der Waals surface area (Å²) in [5.74, 6) is 0. The average molecular weight is 314 g/mol. The summed E-state index contributed by atoms with van der Waals surface area (Å²) < 4.78 is 5.61. The molecule has 1 saturated heterocycles. The molecule has 2 aliphatic rings. The number of benzene rings is 1. The second-order valence-corrected chi connectivity index (χ2v) is 7.82. The van der Waals surface area contributed by atoms with Crippen LogP contribution in [-0.4, -0.2) is 34.4 Å². The van der Waals surface area contributed by atoms with Crippen molar-refractivity contribution >= 4 is 17.5 Å². The number of fused-ring (bicyclic) bond motifs is 1. The highest BCUT2D eigenvalue weighted by atomic mass is 16.6. The van der Waals surface area contributed by atoms with Crippen molar-refractivity contribution < 1.29 is 9.53 Å². The Kier molecular flexibility index (Phi) is 3.74. The molecule has 0 radical (unpaired) electrons. The summed E-state index contributed by atoms with van der Waals surface area (Å²) in [5, 5.41) is 0. The van der Waals surface area contributed by atoms with Gasteiger partial charge in [-0.3, -0.25) is 9.89 Å². The van der Waals surface area contributed by atoms with Gasteiger partial charge in [-0.2, -0.15) is 0 Å². The maximum absolute atomic E-state index is 12.6. The first-order valence-corrected chi connectivity index (χ1v) is 8.38. The van der Waals surface area contributed by atoms with E-state index >= 15 is 0 Å². The fraction of sp³-hybridized carbons (Fsp3) is 0.579. The van der Waals surface area contributed by atoms with Crippen LogP contribution in [0.5, 0.6) is 0 Å².